The third-order valence-electron chi connectivity index (χ3n) is 4.22. The van der Waals surface area contributed by atoms with Gasteiger partial charge in [-0.2, -0.15) is 4.99 Å². The van der Waals surface area contributed by atoms with Gasteiger partial charge < -0.3 is 9.84 Å². The molecule has 1 amide bonds. The third kappa shape index (κ3) is 3.76. The SMILES string of the molecule is CCOC(=O)/C(C1=NC(=NC(=O)c2ccc(C)cc2)c2ccccc21)=C(\C)O. The molecule has 1 heterocycles. The Balaban J connectivity index is 2.08. The number of rotatable bonds is 4. The van der Waals surface area contributed by atoms with Crippen LogP contribution < -0.4 is 0 Å². The standard InChI is InChI=1S/C22H20N2O4/c1-4-28-22(27)18(14(3)25)19-16-7-5-6-8-17(16)20(23-19)24-21(26)15-11-9-13(2)10-12-15/h5-12,25H,4H2,1-3H3/b18-14+,24-20?. The van der Waals surface area contributed by atoms with Gasteiger partial charge >= 0.3 is 5.97 Å². The number of carbonyl (C=O) groups excluding carboxylic acids is 2. The molecule has 6 nitrogen and oxygen atoms in total. The number of esters is 1. The van der Waals surface area contributed by atoms with Crippen LogP contribution in [0.2, 0.25) is 0 Å². The minimum absolute atomic E-state index is 0.0396. The normalized spacial score (nSPS) is 15.0. The maximum Gasteiger partial charge on any atom is 0.343 e. The highest BCUT2D eigenvalue weighted by Crippen LogP contribution is 2.25. The first-order chi connectivity index (χ1) is 13.4. The van der Waals surface area contributed by atoms with Crippen LogP contribution in [0, 0.1) is 6.92 Å². The second-order valence-electron chi connectivity index (χ2n) is 6.29. The fraction of sp³-hybridized carbons (Fsp3) is 0.182. The number of hydrogen-bond acceptors (Lipinski definition) is 4. The summed E-state index contributed by atoms with van der Waals surface area (Å²) in [6, 6.07) is 14.2. The number of hydrogen-bond donors (Lipinski definition) is 1. The van der Waals surface area contributed by atoms with Gasteiger partial charge in [-0.25, -0.2) is 9.79 Å². The Kier molecular flexibility index (Phi) is 5.49. The van der Waals surface area contributed by atoms with Gasteiger partial charge in [0.25, 0.3) is 5.91 Å². The van der Waals surface area contributed by atoms with Gasteiger partial charge in [0.05, 0.1) is 12.3 Å². The molecule has 0 saturated heterocycles. The maximum atomic E-state index is 12.6. The van der Waals surface area contributed by atoms with E-state index in [2.05, 4.69) is 9.98 Å². The molecule has 1 aliphatic heterocycles. The van der Waals surface area contributed by atoms with Gasteiger partial charge in [-0.15, -0.1) is 0 Å². The van der Waals surface area contributed by atoms with E-state index in [1.54, 1.807) is 43.3 Å². The Morgan fingerprint density at radius 2 is 1.71 bits per heavy atom. The minimum Gasteiger partial charge on any atom is -0.512 e. The number of allylic oxidation sites excluding steroid dienone is 1. The lowest BCUT2D eigenvalue weighted by Crippen LogP contribution is -2.18. The van der Waals surface area contributed by atoms with E-state index < -0.39 is 11.9 Å². The van der Waals surface area contributed by atoms with Crippen LogP contribution in [0.5, 0.6) is 0 Å². The maximum absolute atomic E-state index is 12.6. The molecule has 0 radical (unpaired) electrons. The first kappa shape index (κ1) is 19.2. The number of aryl methyl sites for hydroxylation is 1. The van der Waals surface area contributed by atoms with Crippen molar-refractivity contribution in [3.8, 4) is 0 Å². The van der Waals surface area contributed by atoms with E-state index in [1.165, 1.54) is 6.92 Å². The summed E-state index contributed by atoms with van der Waals surface area (Å²) < 4.78 is 5.05. The second-order valence-corrected chi connectivity index (χ2v) is 6.29. The molecule has 2 aromatic rings. The largest absolute Gasteiger partial charge is 0.512 e. The van der Waals surface area contributed by atoms with E-state index in [0.717, 1.165) is 5.56 Å². The zero-order chi connectivity index (χ0) is 20.3. The molecule has 0 bridgehead atoms. The van der Waals surface area contributed by atoms with Crippen molar-refractivity contribution >= 4 is 23.4 Å². The average Bonchev–Trinajstić information content (AvgIpc) is 3.00. The van der Waals surface area contributed by atoms with Crippen LogP contribution >= 0.6 is 0 Å². The topological polar surface area (TPSA) is 88.3 Å². The molecule has 1 aliphatic rings. The Bertz CT molecular complexity index is 1030. The highest BCUT2D eigenvalue weighted by Gasteiger charge is 2.30. The number of aliphatic hydroxyl groups is 1. The summed E-state index contributed by atoms with van der Waals surface area (Å²) in [5, 5.41) is 10.1. The van der Waals surface area contributed by atoms with Crippen molar-refractivity contribution in [2.24, 2.45) is 9.98 Å². The Morgan fingerprint density at radius 3 is 2.32 bits per heavy atom. The van der Waals surface area contributed by atoms with Gasteiger partial charge in [0, 0.05) is 16.7 Å². The van der Waals surface area contributed by atoms with Crippen molar-refractivity contribution in [2.45, 2.75) is 20.8 Å². The van der Waals surface area contributed by atoms with Crippen LogP contribution in [-0.4, -0.2) is 35.1 Å². The quantitative estimate of drug-likeness (QED) is 0.500. The molecule has 0 spiro atoms. The number of amides is 1. The van der Waals surface area contributed by atoms with Crippen molar-refractivity contribution in [1.82, 2.24) is 0 Å². The van der Waals surface area contributed by atoms with Crippen LogP contribution in [0.25, 0.3) is 0 Å². The number of ether oxygens (including phenoxy) is 1. The molecular weight excluding hydrogens is 356 g/mol. The average molecular weight is 376 g/mol. The molecule has 0 atom stereocenters. The summed E-state index contributed by atoms with van der Waals surface area (Å²) in [5.41, 5.74) is 2.90. The van der Waals surface area contributed by atoms with Crippen molar-refractivity contribution in [2.75, 3.05) is 6.61 Å². The van der Waals surface area contributed by atoms with Gasteiger partial charge in [-0.05, 0) is 32.9 Å². The Hall–Kier alpha value is -3.54. The lowest BCUT2D eigenvalue weighted by Gasteiger charge is -2.08. The zero-order valence-corrected chi connectivity index (χ0v) is 15.9. The molecule has 2 aromatic carbocycles. The van der Waals surface area contributed by atoms with E-state index in [-0.39, 0.29) is 29.5 Å². The van der Waals surface area contributed by atoms with Crippen molar-refractivity contribution < 1.29 is 19.4 Å². The second kappa shape index (κ2) is 8.00. The van der Waals surface area contributed by atoms with E-state index >= 15 is 0 Å². The molecule has 0 fully saturated rings. The molecule has 0 saturated carbocycles. The van der Waals surface area contributed by atoms with E-state index in [0.29, 0.717) is 16.7 Å². The van der Waals surface area contributed by atoms with E-state index in [1.807, 2.05) is 19.1 Å². The molecule has 1 N–H and O–H groups in total. The van der Waals surface area contributed by atoms with Crippen molar-refractivity contribution in [3.05, 3.63) is 82.1 Å². The van der Waals surface area contributed by atoms with Crippen molar-refractivity contribution in [1.29, 1.82) is 0 Å². The molecule has 3 rings (SSSR count). The summed E-state index contributed by atoms with van der Waals surface area (Å²) in [6.45, 7) is 5.17. The lowest BCUT2D eigenvalue weighted by atomic mass is 9.99. The van der Waals surface area contributed by atoms with Crippen LogP contribution in [0.4, 0.5) is 0 Å². The fourth-order valence-corrected chi connectivity index (χ4v) is 2.86. The number of nitrogens with zero attached hydrogens (tertiary/aromatic N) is 2. The van der Waals surface area contributed by atoms with E-state index in [9.17, 15) is 14.7 Å². The molecular formula is C22H20N2O4. The summed E-state index contributed by atoms with van der Waals surface area (Å²) in [6.07, 6.45) is 0. The number of aliphatic imine (C=N–C) groups is 2. The number of benzene rings is 2. The fourth-order valence-electron chi connectivity index (χ4n) is 2.86. The van der Waals surface area contributed by atoms with Crippen LogP contribution in [0.1, 0.15) is 40.9 Å². The van der Waals surface area contributed by atoms with Crippen molar-refractivity contribution in [3.63, 3.8) is 0 Å². The van der Waals surface area contributed by atoms with Gasteiger partial charge in [0.1, 0.15) is 11.3 Å². The Labute approximate surface area is 162 Å². The first-order valence-corrected chi connectivity index (χ1v) is 8.87. The van der Waals surface area contributed by atoms with Crippen LogP contribution in [0.15, 0.2) is 69.8 Å². The summed E-state index contributed by atoms with van der Waals surface area (Å²) in [7, 11) is 0. The Morgan fingerprint density at radius 1 is 1.07 bits per heavy atom. The molecule has 28 heavy (non-hydrogen) atoms. The van der Waals surface area contributed by atoms with Crippen LogP contribution in [-0.2, 0) is 9.53 Å². The minimum atomic E-state index is -0.679. The number of carbonyl (C=O) groups is 2. The van der Waals surface area contributed by atoms with Gasteiger partial charge in [-0.3, -0.25) is 4.79 Å². The smallest absolute Gasteiger partial charge is 0.343 e. The number of amidine groups is 1. The summed E-state index contributed by atoms with van der Waals surface area (Å²) >= 11 is 0. The summed E-state index contributed by atoms with van der Waals surface area (Å²) in [4.78, 5) is 33.4. The van der Waals surface area contributed by atoms with Gasteiger partial charge in [-0.1, -0.05) is 42.0 Å². The van der Waals surface area contributed by atoms with E-state index in [4.69, 9.17) is 4.74 Å². The third-order valence-corrected chi connectivity index (χ3v) is 4.22. The summed E-state index contributed by atoms with van der Waals surface area (Å²) in [5.74, 6) is -1.13. The highest BCUT2D eigenvalue weighted by molar-refractivity contribution is 6.36. The predicted molar refractivity (Wildman–Crippen MR) is 107 cm³/mol. The monoisotopic (exact) mass is 376 g/mol. The molecule has 0 aliphatic carbocycles. The molecule has 142 valence electrons. The van der Waals surface area contributed by atoms with Gasteiger partial charge in [0.2, 0.25) is 0 Å². The predicted octanol–water partition coefficient (Wildman–Crippen LogP) is 3.78. The molecule has 0 unspecified atom stereocenters. The van der Waals surface area contributed by atoms with Crippen LogP contribution in [0.3, 0.4) is 0 Å². The highest BCUT2D eigenvalue weighted by atomic mass is 16.5. The first-order valence-electron chi connectivity index (χ1n) is 8.87. The molecule has 6 heteroatoms. The molecule has 0 aromatic heterocycles. The number of fused-ring (bicyclic) bond motifs is 1. The zero-order valence-electron chi connectivity index (χ0n) is 15.9. The van der Waals surface area contributed by atoms with Gasteiger partial charge in [0.15, 0.2) is 5.84 Å². The lowest BCUT2D eigenvalue weighted by molar-refractivity contribution is -0.138. The number of aliphatic hydroxyl groups excluding tert-OH is 1.